The topological polar surface area (TPSA) is 64.8 Å². The van der Waals surface area contributed by atoms with Crippen molar-refractivity contribution in [1.29, 1.82) is 0 Å². The van der Waals surface area contributed by atoms with Gasteiger partial charge in [0.25, 0.3) is 0 Å². The average Bonchev–Trinajstić information content (AvgIpc) is 2.82. The summed E-state index contributed by atoms with van der Waals surface area (Å²) in [6.45, 7) is 9.15. The van der Waals surface area contributed by atoms with Crippen LogP contribution in [0.5, 0.6) is 0 Å². The van der Waals surface area contributed by atoms with E-state index in [1.807, 2.05) is 25.7 Å². The molecule has 120 valence electrons. The normalized spacial score (nSPS) is 21.4. The van der Waals surface area contributed by atoms with Gasteiger partial charge in [-0.25, -0.2) is 0 Å². The zero-order valence-corrected chi connectivity index (χ0v) is 13.7. The average molecular weight is 309 g/mol. The maximum absolute atomic E-state index is 12.3. The summed E-state index contributed by atoms with van der Waals surface area (Å²) in [7, 11) is 0. The Bertz CT molecular complexity index is 288. The Balaban J connectivity index is 0.00000361. The fourth-order valence-electron chi connectivity index (χ4n) is 2.45. The molecule has 1 amide bonds. The Morgan fingerprint density at radius 3 is 2.70 bits per heavy atom. The molecule has 1 saturated heterocycles. The molecule has 1 heterocycles. The van der Waals surface area contributed by atoms with Gasteiger partial charge in [0, 0.05) is 19.7 Å². The van der Waals surface area contributed by atoms with E-state index in [9.17, 15) is 4.79 Å². The molecule has 0 aliphatic carbocycles. The lowest BCUT2D eigenvalue weighted by atomic mass is 9.96. The molecule has 6 heteroatoms. The second-order valence-corrected chi connectivity index (χ2v) is 5.40. The Labute approximate surface area is 128 Å². The number of carbonyl (C=O) groups excluding carboxylic acids is 1. The van der Waals surface area contributed by atoms with Gasteiger partial charge in [-0.1, -0.05) is 13.3 Å². The van der Waals surface area contributed by atoms with Crippen LogP contribution in [0.15, 0.2) is 0 Å². The second-order valence-electron chi connectivity index (χ2n) is 5.40. The molecule has 5 nitrogen and oxygen atoms in total. The van der Waals surface area contributed by atoms with Crippen LogP contribution in [0.3, 0.4) is 0 Å². The summed E-state index contributed by atoms with van der Waals surface area (Å²) >= 11 is 0. The third-order valence-electron chi connectivity index (χ3n) is 3.48. The van der Waals surface area contributed by atoms with Gasteiger partial charge in [-0.15, -0.1) is 12.4 Å². The van der Waals surface area contributed by atoms with Gasteiger partial charge in [0.1, 0.15) is 0 Å². The summed E-state index contributed by atoms with van der Waals surface area (Å²) in [6, 6.07) is 0. The summed E-state index contributed by atoms with van der Waals surface area (Å²) in [5.74, 6) is 0.0465. The van der Waals surface area contributed by atoms with E-state index in [0.29, 0.717) is 26.4 Å². The molecule has 0 radical (unpaired) electrons. The Morgan fingerprint density at radius 2 is 2.10 bits per heavy atom. The first kappa shape index (κ1) is 19.6. The lowest BCUT2D eigenvalue weighted by Gasteiger charge is -2.28. The van der Waals surface area contributed by atoms with Gasteiger partial charge in [0.15, 0.2) is 0 Å². The summed E-state index contributed by atoms with van der Waals surface area (Å²) in [5.41, 5.74) is 5.34. The van der Waals surface area contributed by atoms with Crippen LogP contribution in [-0.2, 0) is 14.3 Å². The summed E-state index contributed by atoms with van der Waals surface area (Å²) in [5, 5.41) is 0. The van der Waals surface area contributed by atoms with Gasteiger partial charge in [0.2, 0.25) is 5.91 Å². The number of carbonyl (C=O) groups is 1. The molecule has 2 atom stereocenters. The molecular weight excluding hydrogens is 280 g/mol. The van der Waals surface area contributed by atoms with Gasteiger partial charge in [-0.05, 0) is 26.7 Å². The number of rotatable bonds is 8. The largest absolute Gasteiger partial charge is 0.379 e. The highest BCUT2D eigenvalue weighted by Crippen LogP contribution is 2.19. The molecule has 0 aromatic carbocycles. The SMILES string of the molecule is CCCC(C)(N)C(=O)N1CC[C@H](OCCOCC)C1.Cl. The van der Waals surface area contributed by atoms with Crippen molar-refractivity contribution in [1.82, 2.24) is 4.90 Å². The maximum Gasteiger partial charge on any atom is 0.242 e. The monoisotopic (exact) mass is 308 g/mol. The van der Waals surface area contributed by atoms with Gasteiger partial charge >= 0.3 is 0 Å². The van der Waals surface area contributed by atoms with Crippen LogP contribution in [0, 0.1) is 0 Å². The first-order valence-electron chi connectivity index (χ1n) is 7.28. The van der Waals surface area contributed by atoms with E-state index in [1.165, 1.54) is 0 Å². The van der Waals surface area contributed by atoms with E-state index < -0.39 is 5.54 Å². The molecule has 0 aromatic heterocycles. The molecule has 1 aliphatic rings. The van der Waals surface area contributed by atoms with E-state index in [-0.39, 0.29) is 24.4 Å². The lowest BCUT2D eigenvalue weighted by Crippen LogP contribution is -2.52. The Morgan fingerprint density at radius 1 is 1.40 bits per heavy atom. The highest BCUT2D eigenvalue weighted by molar-refractivity contribution is 5.86. The van der Waals surface area contributed by atoms with Crippen LogP contribution >= 0.6 is 12.4 Å². The van der Waals surface area contributed by atoms with Crippen LogP contribution in [0.2, 0.25) is 0 Å². The first-order valence-corrected chi connectivity index (χ1v) is 7.28. The summed E-state index contributed by atoms with van der Waals surface area (Å²) in [6.07, 6.45) is 2.65. The van der Waals surface area contributed by atoms with Crippen LogP contribution in [0.4, 0.5) is 0 Å². The number of amides is 1. The summed E-state index contributed by atoms with van der Waals surface area (Å²) < 4.78 is 10.9. The quantitative estimate of drug-likeness (QED) is 0.691. The van der Waals surface area contributed by atoms with Gasteiger partial charge in [0.05, 0.1) is 24.9 Å². The van der Waals surface area contributed by atoms with E-state index in [1.54, 1.807) is 0 Å². The fourth-order valence-corrected chi connectivity index (χ4v) is 2.45. The third-order valence-corrected chi connectivity index (χ3v) is 3.48. The number of ether oxygens (including phenoxy) is 2. The lowest BCUT2D eigenvalue weighted by molar-refractivity contribution is -0.136. The smallest absolute Gasteiger partial charge is 0.242 e. The van der Waals surface area contributed by atoms with Crippen LogP contribution in [0.1, 0.15) is 40.0 Å². The number of likely N-dealkylation sites (tertiary alicyclic amines) is 1. The molecule has 20 heavy (non-hydrogen) atoms. The number of hydrogen-bond acceptors (Lipinski definition) is 4. The predicted octanol–water partition coefficient (Wildman–Crippen LogP) is 1.58. The van der Waals surface area contributed by atoms with Gasteiger partial charge in [-0.3, -0.25) is 4.79 Å². The van der Waals surface area contributed by atoms with Crippen LogP contribution in [0.25, 0.3) is 0 Å². The molecule has 1 fully saturated rings. The highest BCUT2D eigenvalue weighted by atomic mass is 35.5. The van der Waals surface area contributed by atoms with Crippen molar-refractivity contribution in [3.63, 3.8) is 0 Å². The highest BCUT2D eigenvalue weighted by Gasteiger charge is 2.35. The molecule has 1 rings (SSSR count). The molecule has 1 unspecified atom stereocenters. The predicted molar refractivity (Wildman–Crippen MR) is 82.2 cm³/mol. The van der Waals surface area contributed by atoms with Crippen molar-refractivity contribution in [2.45, 2.75) is 51.7 Å². The van der Waals surface area contributed by atoms with E-state index >= 15 is 0 Å². The molecule has 0 saturated carbocycles. The third kappa shape index (κ3) is 5.95. The zero-order valence-electron chi connectivity index (χ0n) is 12.9. The van der Waals surface area contributed by atoms with Crippen molar-refractivity contribution >= 4 is 18.3 Å². The number of nitrogens with zero attached hydrogens (tertiary/aromatic N) is 1. The maximum atomic E-state index is 12.3. The molecule has 0 spiro atoms. The minimum atomic E-state index is -0.741. The van der Waals surface area contributed by atoms with Crippen LogP contribution < -0.4 is 5.73 Å². The molecule has 2 N–H and O–H groups in total. The van der Waals surface area contributed by atoms with E-state index in [4.69, 9.17) is 15.2 Å². The van der Waals surface area contributed by atoms with Crippen LogP contribution in [-0.4, -0.2) is 55.4 Å². The number of halogens is 1. The molecular formula is C14H29ClN2O3. The van der Waals surface area contributed by atoms with Crippen molar-refractivity contribution in [3.8, 4) is 0 Å². The van der Waals surface area contributed by atoms with Crippen molar-refractivity contribution < 1.29 is 14.3 Å². The second kappa shape index (κ2) is 9.55. The Kier molecular flexibility index (Phi) is 9.38. The van der Waals surface area contributed by atoms with Gasteiger partial charge < -0.3 is 20.1 Å². The van der Waals surface area contributed by atoms with Crippen molar-refractivity contribution in [2.75, 3.05) is 32.9 Å². The van der Waals surface area contributed by atoms with Crippen molar-refractivity contribution in [2.24, 2.45) is 5.73 Å². The van der Waals surface area contributed by atoms with E-state index in [2.05, 4.69) is 0 Å². The standard InChI is InChI=1S/C14H28N2O3.ClH/c1-4-7-14(3,15)13(17)16-8-6-12(11-16)19-10-9-18-5-2;/h12H,4-11,15H2,1-3H3;1H/t12-,14?;/m0./s1. The minimum Gasteiger partial charge on any atom is -0.379 e. The Hall–Kier alpha value is -0.360. The summed E-state index contributed by atoms with van der Waals surface area (Å²) in [4.78, 5) is 14.1. The molecule has 0 bridgehead atoms. The number of nitrogens with two attached hydrogens (primary N) is 1. The fraction of sp³-hybridized carbons (Fsp3) is 0.929. The minimum absolute atomic E-state index is 0. The van der Waals surface area contributed by atoms with Crippen molar-refractivity contribution in [3.05, 3.63) is 0 Å². The molecule has 1 aliphatic heterocycles. The first-order chi connectivity index (χ1) is 9.01. The van der Waals surface area contributed by atoms with E-state index in [0.717, 1.165) is 25.8 Å². The zero-order chi connectivity index (χ0) is 14.3. The van der Waals surface area contributed by atoms with Gasteiger partial charge in [-0.2, -0.15) is 0 Å². The number of hydrogen-bond donors (Lipinski definition) is 1. The molecule has 0 aromatic rings.